The first-order valence-corrected chi connectivity index (χ1v) is 4.67. The Balaban J connectivity index is -0.00000000000724. The zero-order valence-electron chi connectivity index (χ0n) is 52.5. The molecule has 0 aliphatic carbocycles. The van der Waals surface area contributed by atoms with E-state index < -0.39 is 6.05 Å². The molecule has 0 aromatic carbocycles. The standard InChI is InChI=1S/BH2IP.112V/c1-3-2;;;;;;;;;;;;;;;;;;;;;;;;;;;;;;;;;;;;;;;;;;;;;;;;;;;;;;;;;;;;;;;;;;;;;;;;;;;;;;;;;;;;;;;;;;;;;;;;;;;;;;;;;;;;;;;;/h3H2;;;;;;;;;;;;;;;;;;;;;;;;;;;;;;;;;;;;;;;;;;;;;;;;;;;;;;;;;;;;;;;;;;;;;;;;;;;;;;;;;;;;;;;;;;;;;;;;;;;;;;;;;;;;;;;;/q+1;;;;;;;;;;;;;;;;;;;;;;;;;;;;;;;;;;;;;;;;;;;;;;;;;;;;;;;;;;;;;;;;;;;;;;;;;;;;;;;;;;;;;;;;;;;;;;;;;;;;;;;;;;;;;;;;/i3T;;;;;;;;;;;;;;;;;;;;;;;;;;;;;;;;;;;;;;;;;;;;;;;;;;;;;;;;;;;;;;;;;;;;;;;;;;;;;;;;;;;;;;;;;;;;;;;;;;;;;;;;;;;;;;;;. The Morgan fingerprint density at radius 3 is 0.0783 bits per heavy atom. The maximum absolute atomic E-state index is 6.45. The van der Waals surface area contributed by atoms with Crippen molar-refractivity contribution in [1.82, 2.24) is 0 Å². The molecule has 0 nitrogen and oxygen atoms in total. The molecular weight excluding hydrogens is 5870 g/mol. The maximum atomic E-state index is 6.45. The molecule has 0 heterocycles. The molecule has 114 radical (unpaired) electrons. The van der Waals surface area contributed by atoms with Gasteiger partial charge in [0.25, 0.3) is 1.28 Å². The van der Waals surface area contributed by atoms with Gasteiger partial charge in [-0.15, -0.1) is 0 Å². The molecule has 115 heteroatoms. The Morgan fingerprint density at radius 1 is 0.0783 bits per heavy atom. The van der Waals surface area contributed by atoms with Crippen LogP contribution in [0.15, 0.2) is 0 Å². The first-order chi connectivity index (χ1) is 1.73. The molecule has 0 fully saturated rings. The summed E-state index contributed by atoms with van der Waals surface area (Å²) in [5, 5.41) is 0. The van der Waals surface area contributed by atoms with E-state index in [1.807, 2.05) is 22.0 Å². The van der Waals surface area contributed by atoms with E-state index in [0.717, 1.165) is 0 Å². The normalized spacial score (nSPS) is 0.548. The van der Waals surface area contributed by atoms with Gasteiger partial charge in [-0.1, -0.05) is 0 Å². The van der Waals surface area contributed by atoms with Gasteiger partial charge < -0.3 is 0 Å². The van der Waals surface area contributed by atoms with E-state index in [0.29, 0.717) is 0 Å². The van der Waals surface area contributed by atoms with Crippen molar-refractivity contribution in [3.05, 3.63) is 0 Å². The minimum atomic E-state index is -1.16. The fraction of sp³-hybridized carbons (Fsp3) is 0. The summed E-state index contributed by atoms with van der Waals surface area (Å²) in [4.78, 5) is 0. The van der Waals surface area contributed by atoms with Crippen LogP contribution in [0, 0.1) is 0 Å². The molecule has 115 heavy (non-hydrogen) atoms. The molecule has 0 aromatic rings. The van der Waals surface area contributed by atoms with Crippen LogP contribution in [0.2, 0.25) is 0 Å². The van der Waals surface area contributed by atoms with Crippen molar-refractivity contribution in [2.24, 2.45) is 0 Å². The van der Waals surface area contributed by atoms with Crippen molar-refractivity contribution < 1.29 is 2080 Å². The smallest absolute Gasteiger partial charge is 0.00481 e. The second-order valence-corrected chi connectivity index (χ2v) is 2.20. The van der Waals surface area contributed by atoms with E-state index in [9.17, 15) is 0 Å². The van der Waals surface area contributed by atoms with Crippen molar-refractivity contribution in [2.75, 3.05) is 0 Å². The zero-order chi connectivity index (χ0) is 3.58. The molecule has 1 atom stereocenters. The van der Waals surface area contributed by atoms with Crippen molar-refractivity contribution >= 4 is 35.7 Å². The Bertz CT molecular complexity index is 37.9. The molecule has 0 aliphatic heterocycles. The number of hydrogen-bond acceptors (Lipinski definition) is 0. The van der Waals surface area contributed by atoms with Gasteiger partial charge in [0, 0.05) is 2080 Å². The Kier molecular flexibility index (Phi) is 13500. The van der Waals surface area contributed by atoms with E-state index >= 15 is 0 Å². The van der Waals surface area contributed by atoms with Gasteiger partial charge in [0.2, 0.25) is 0 Å². The van der Waals surface area contributed by atoms with Crippen LogP contribution in [-0.2, 0) is 2080 Å². The molecular formula is H2BIPV112+. The maximum Gasteiger partial charge on any atom is 0.369 e. The number of halogens is 1. The second kappa shape index (κ2) is 1270. The molecule has 0 saturated heterocycles. The summed E-state index contributed by atoms with van der Waals surface area (Å²) in [6.07, 6.45) is 0. The fourth-order valence-electron chi connectivity index (χ4n) is 0. The van der Waals surface area contributed by atoms with Crippen molar-refractivity contribution in [3.63, 3.8) is 0 Å². The van der Waals surface area contributed by atoms with Crippen LogP contribution in [-0.4, -0.2) is 8.84 Å². The Morgan fingerprint density at radius 2 is 0.0783 bits per heavy atom. The molecule has 0 amide bonds. The van der Waals surface area contributed by atoms with Crippen LogP contribution in [0.1, 0.15) is 0 Å². The quantitative estimate of drug-likeness (QED) is 0.189. The molecule has 0 saturated carbocycles. The van der Waals surface area contributed by atoms with Crippen molar-refractivity contribution in [3.8, 4) is 0 Å². The molecule has 0 aromatic heterocycles. The van der Waals surface area contributed by atoms with Gasteiger partial charge in [-0.2, -0.15) is 0 Å². The monoisotopic (exact) mass is 5880 g/mol. The first-order valence-electron chi connectivity index (χ1n) is 0.978. The summed E-state index contributed by atoms with van der Waals surface area (Å²) in [7, 11) is 4.87. The third-order valence-electron chi connectivity index (χ3n) is 0. The minimum Gasteiger partial charge on any atom is -0.00481 e. The number of hydrogen-bond donors (Lipinski definition) is 0. The van der Waals surface area contributed by atoms with Crippen LogP contribution < -0.4 is 0 Å². The van der Waals surface area contributed by atoms with Crippen LogP contribution in [0.4, 0.5) is 0 Å². The number of rotatable bonds is 0. The SMILES string of the molecule is [3H][PH+]([B])I.[V].[V].[V].[V].[V].[V].[V].[V].[V].[V].[V].[V].[V].[V].[V].[V].[V].[V].[V].[V].[V].[V].[V].[V].[V].[V].[V].[V].[V].[V].[V].[V].[V].[V].[V].[V].[V].[V].[V].[V].[V].[V].[V].[V].[V].[V].[V].[V].[V].[V].[V].[V].[V].[V].[V].[V].[V].[V].[V].[V].[V].[V].[V].[V].[V].[V].[V].[V].[V].[V].[V].[V].[V].[V].[V].[V].[V].[V].[V].[V].[V].[V].[V].[V].[V].[V].[V].[V].[V].[V].[V].[V].[V].[V].[V].[V].[V].[V].[V].[V].[V].[V].[V].[V].[V].[V].[V].[V].[V].[V].[V].[V]. The van der Waals surface area contributed by atoms with Gasteiger partial charge in [-0.05, 0) is 6.05 Å². The summed E-state index contributed by atoms with van der Waals surface area (Å²) in [6, 6.07) is -1.16. The Labute approximate surface area is 2050 Å². The van der Waals surface area contributed by atoms with Gasteiger partial charge in [-0.25, -0.2) is 0 Å². The molecule has 0 spiro atoms. The van der Waals surface area contributed by atoms with E-state index in [4.69, 9.17) is 8.84 Å². The van der Waals surface area contributed by atoms with Gasteiger partial charge in [0.1, 0.15) is 22.0 Å². The van der Waals surface area contributed by atoms with E-state index in [1.165, 1.54) is 0 Å². The third-order valence-corrected chi connectivity index (χ3v) is 0. The van der Waals surface area contributed by atoms with E-state index in [-0.39, 0.29) is 2080 Å². The summed E-state index contributed by atoms with van der Waals surface area (Å²) in [5.74, 6) is 0. The summed E-state index contributed by atoms with van der Waals surface area (Å²) >= 11 is 1.89. The average Bonchev–Trinajstić information content (AvgIpc) is 0.811. The summed E-state index contributed by atoms with van der Waals surface area (Å²) < 4.78 is 6.45. The zero-order valence-corrected chi connectivity index (χ0v) is 211. The van der Waals surface area contributed by atoms with E-state index in [2.05, 4.69) is 0 Å². The minimum absolute atomic E-state index is 0. The molecule has 0 bridgehead atoms. The fourth-order valence-corrected chi connectivity index (χ4v) is 0. The summed E-state index contributed by atoms with van der Waals surface area (Å²) in [6.45, 7) is 0. The second-order valence-electron chi connectivity index (χ2n) is 0.109. The molecule has 0 aliphatic rings. The van der Waals surface area contributed by atoms with Gasteiger partial charge >= 0.3 is 7.57 Å². The van der Waals surface area contributed by atoms with Crippen LogP contribution in [0.25, 0.3) is 0 Å². The van der Waals surface area contributed by atoms with Gasteiger partial charge in [0.15, 0.2) is 0 Å². The molecule has 1 unspecified atom stereocenters. The molecule has 576 valence electrons. The topological polar surface area (TPSA) is 0 Å². The van der Waals surface area contributed by atoms with Crippen molar-refractivity contribution in [1.29, 1.82) is 1.28 Å². The van der Waals surface area contributed by atoms with E-state index in [1.54, 1.807) is 0 Å². The van der Waals surface area contributed by atoms with Crippen LogP contribution in [0.5, 0.6) is 0 Å². The molecule has 0 rings (SSSR count). The first kappa shape index (κ1) is 1220. The third kappa shape index (κ3) is 1300. The average molecular weight is 5880 g/mol. The predicted molar refractivity (Wildman–Crippen MR) is 29.5 cm³/mol. The van der Waals surface area contributed by atoms with Crippen LogP contribution >= 0.6 is 28.1 Å². The summed E-state index contributed by atoms with van der Waals surface area (Å²) in [5.41, 5.74) is 0. The van der Waals surface area contributed by atoms with Gasteiger partial charge in [-0.3, -0.25) is 0 Å². The molecule has 0 N–H and O–H groups in total. The Hall–Kier alpha value is 66.7. The van der Waals surface area contributed by atoms with Gasteiger partial charge in [0.05, 0.1) is 0 Å². The predicted octanol–water partition coefficient (Wildman–Crippen LogP) is 0.551. The van der Waals surface area contributed by atoms with Crippen LogP contribution in [0.3, 0.4) is 0 Å². The largest absolute Gasteiger partial charge is 0.369 e. The van der Waals surface area contributed by atoms with Crippen molar-refractivity contribution in [2.45, 2.75) is 0 Å².